The molecule has 2 nitrogen and oxygen atoms in total. The molecule has 0 bridgehead atoms. The first-order valence-electron chi connectivity index (χ1n) is 5.60. The van der Waals surface area contributed by atoms with Crippen LogP contribution < -0.4 is 4.74 Å². The van der Waals surface area contributed by atoms with Crippen molar-refractivity contribution in [2.75, 3.05) is 7.11 Å². The third-order valence-corrected chi connectivity index (χ3v) is 3.35. The number of hydrogen-bond acceptors (Lipinski definition) is 2. The van der Waals surface area contributed by atoms with Crippen LogP contribution in [0.1, 0.15) is 0 Å². The van der Waals surface area contributed by atoms with E-state index in [1.807, 2.05) is 48.5 Å². The molecular formula is C15H11BrO2. The molecule has 0 saturated heterocycles. The predicted octanol–water partition coefficient (Wildman–Crippen LogP) is 4.87. The first kappa shape index (κ1) is 11.4. The second-order valence-electron chi connectivity index (χ2n) is 4.02. The maximum atomic E-state index is 5.82. The average Bonchev–Trinajstić information content (AvgIpc) is 2.81. The molecule has 0 aliphatic heterocycles. The highest BCUT2D eigenvalue weighted by Crippen LogP contribution is 2.30. The van der Waals surface area contributed by atoms with Crippen molar-refractivity contribution in [1.82, 2.24) is 0 Å². The zero-order valence-corrected chi connectivity index (χ0v) is 11.4. The van der Waals surface area contributed by atoms with E-state index >= 15 is 0 Å². The monoisotopic (exact) mass is 302 g/mol. The van der Waals surface area contributed by atoms with Gasteiger partial charge in [0.15, 0.2) is 0 Å². The van der Waals surface area contributed by atoms with Crippen LogP contribution in [0.15, 0.2) is 57.4 Å². The maximum absolute atomic E-state index is 5.82. The molecular weight excluding hydrogens is 292 g/mol. The van der Waals surface area contributed by atoms with E-state index in [4.69, 9.17) is 9.15 Å². The minimum atomic E-state index is 0.845. The second-order valence-corrected chi connectivity index (χ2v) is 4.94. The average molecular weight is 303 g/mol. The van der Waals surface area contributed by atoms with Crippen molar-refractivity contribution in [3.63, 3.8) is 0 Å². The molecule has 0 amide bonds. The number of rotatable bonds is 2. The van der Waals surface area contributed by atoms with Crippen LogP contribution in [0.5, 0.6) is 5.75 Å². The maximum Gasteiger partial charge on any atom is 0.135 e. The Morgan fingerprint density at radius 2 is 1.78 bits per heavy atom. The van der Waals surface area contributed by atoms with Gasteiger partial charge >= 0.3 is 0 Å². The predicted molar refractivity (Wildman–Crippen MR) is 75.9 cm³/mol. The summed E-state index contributed by atoms with van der Waals surface area (Å²) in [4.78, 5) is 0. The summed E-state index contributed by atoms with van der Waals surface area (Å²) in [5, 5.41) is 1.09. The Bertz CT molecular complexity index is 683. The lowest BCUT2D eigenvalue weighted by Gasteiger charge is -2.00. The van der Waals surface area contributed by atoms with E-state index in [9.17, 15) is 0 Å². The third-order valence-electron chi connectivity index (χ3n) is 2.85. The highest BCUT2D eigenvalue weighted by Gasteiger charge is 2.06. The Morgan fingerprint density at radius 3 is 2.50 bits per heavy atom. The molecule has 0 saturated carbocycles. The Morgan fingerprint density at radius 1 is 1.00 bits per heavy atom. The lowest BCUT2D eigenvalue weighted by Crippen LogP contribution is -1.81. The highest BCUT2D eigenvalue weighted by atomic mass is 79.9. The van der Waals surface area contributed by atoms with Gasteiger partial charge in [0.2, 0.25) is 0 Å². The van der Waals surface area contributed by atoms with Crippen molar-refractivity contribution >= 4 is 26.9 Å². The summed E-state index contributed by atoms with van der Waals surface area (Å²) in [7, 11) is 1.66. The van der Waals surface area contributed by atoms with Crippen LogP contribution in [0.25, 0.3) is 22.3 Å². The number of hydrogen-bond donors (Lipinski definition) is 0. The largest absolute Gasteiger partial charge is 0.497 e. The van der Waals surface area contributed by atoms with Crippen LogP contribution in [-0.2, 0) is 0 Å². The summed E-state index contributed by atoms with van der Waals surface area (Å²) in [6.07, 6.45) is 0. The van der Waals surface area contributed by atoms with Gasteiger partial charge in [-0.1, -0.05) is 15.9 Å². The topological polar surface area (TPSA) is 22.4 Å². The second kappa shape index (κ2) is 4.50. The van der Waals surface area contributed by atoms with E-state index in [1.54, 1.807) is 7.11 Å². The quantitative estimate of drug-likeness (QED) is 0.674. The molecule has 0 fully saturated rings. The number of halogens is 1. The molecule has 3 aromatic rings. The molecule has 1 heterocycles. The molecule has 0 aliphatic carbocycles. The molecule has 0 unspecified atom stereocenters. The van der Waals surface area contributed by atoms with E-state index in [1.165, 1.54) is 0 Å². The molecule has 0 atom stereocenters. The number of methoxy groups -OCH3 is 1. The van der Waals surface area contributed by atoms with Gasteiger partial charge in [0.05, 0.1) is 7.11 Å². The van der Waals surface area contributed by atoms with Crippen LogP contribution in [0.3, 0.4) is 0 Å². The molecule has 1 aromatic heterocycles. The first-order chi connectivity index (χ1) is 8.76. The SMILES string of the molecule is COc1ccc(-c2cc3cc(Br)ccc3o2)cc1. The zero-order valence-electron chi connectivity index (χ0n) is 9.81. The van der Waals surface area contributed by atoms with E-state index in [0.29, 0.717) is 0 Å². The Balaban J connectivity index is 2.07. The van der Waals surface area contributed by atoms with Crippen LogP contribution in [0.2, 0.25) is 0 Å². The molecule has 0 aliphatic rings. The van der Waals surface area contributed by atoms with Gasteiger partial charge in [0.1, 0.15) is 17.1 Å². The standard InChI is InChI=1S/C15H11BrO2/c1-17-13-5-2-10(3-6-13)15-9-11-8-12(16)4-7-14(11)18-15/h2-9H,1H3. The number of furan rings is 1. The van der Waals surface area contributed by atoms with Crippen molar-refractivity contribution in [3.05, 3.63) is 53.0 Å². The molecule has 0 spiro atoms. The van der Waals surface area contributed by atoms with Crippen molar-refractivity contribution in [3.8, 4) is 17.1 Å². The fraction of sp³-hybridized carbons (Fsp3) is 0.0667. The van der Waals surface area contributed by atoms with Crippen LogP contribution in [0.4, 0.5) is 0 Å². The van der Waals surface area contributed by atoms with Crippen molar-refractivity contribution in [1.29, 1.82) is 0 Å². The molecule has 2 aromatic carbocycles. The zero-order chi connectivity index (χ0) is 12.5. The fourth-order valence-electron chi connectivity index (χ4n) is 1.91. The molecule has 18 heavy (non-hydrogen) atoms. The normalized spacial score (nSPS) is 10.8. The molecule has 3 heteroatoms. The van der Waals surface area contributed by atoms with Crippen molar-refractivity contribution in [2.24, 2.45) is 0 Å². The van der Waals surface area contributed by atoms with Gasteiger partial charge in [-0.25, -0.2) is 0 Å². The smallest absolute Gasteiger partial charge is 0.135 e. The van der Waals surface area contributed by atoms with Gasteiger partial charge in [-0.2, -0.15) is 0 Å². The summed E-state index contributed by atoms with van der Waals surface area (Å²) < 4.78 is 12.0. The van der Waals surface area contributed by atoms with Crippen molar-refractivity contribution in [2.45, 2.75) is 0 Å². The Kier molecular flexibility index (Phi) is 2.84. The van der Waals surface area contributed by atoms with Crippen LogP contribution >= 0.6 is 15.9 Å². The minimum Gasteiger partial charge on any atom is -0.497 e. The number of ether oxygens (including phenoxy) is 1. The van der Waals surface area contributed by atoms with E-state index in [2.05, 4.69) is 15.9 Å². The summed E-state index contributed by atoms with van der Waals surface area (Å²) in [6, 6.07) is 15.9. The summed E-state index contributed by atoms with van der Waals surface area (Å²) in [5.74, 6) is 1.71. The van der Waals surface area contributed by atoms with Gasteiger partial charge in [-0.3, -0.25) is 0 Å². The summed E-state index contributed by atoms with van der Waals surface area (Å²) in [6.45, 7) is 0. The number of benzene rings is 2. The number of fused-ring (bicyclic) bond motifs is 1. The van der Waals surface area contributed by atoms with Crippen molar-refractivity contribution < 1.29 is 9.15 Å². The van der Waals surface area contributed by atoms with Gasteiger partial charge in [0, 0.05) is 15.4 Å². The Hall–Kier alpha value is -1.74. The van der Waals surface area contributed by atoms with E-state index < -0.39 is 0 Å². The molecule has 90 valence electrons. The highest BCUT2D eigenvalue weighted by molar-refractivity contribution is 9.10. The third kappa shape index (κ3) is 2.02. The fourth-order valence-corrected chi connectivity index (χ4v) is 2.29. The summed E-state index contributed by atoms with van der Waals surface area (Å²) in [5.41, 5.74) is 1.94. The summed E-state index contributed by atoms with van der Waals surface area (Å²) >= 11 is 3.46. The van der Waals surface area contributed by atoms with Crippen LogP contribution in [-0.4, -0.2) is 7.11 Å². The van der Waals surface area contributed by atoms with Crippen LogP contribution in [0, 0.1) is 0 Å². The lowest BCUT2D eigenvalue weighted by molar-refractivity contribution is 0.415. The lowest BCUT2D eigenvalue weighted by atomic mass is 10.1. The minimum absolute atomic E-state index is 0.845. The first-order valence-corrected chi connectivity index (χ1v) is 6.39. The van der Waals surface area contributed by atoms with E-state index in [-0.39, 0.29) is 0 Å². The molecule has 0 N–H and O–H groups in total. The van der Waals surface area contributed by atoms with Gasteiger partial charge in [-0.05, 0) is 48.5 Å². The Labute approximate surface area is 113 Å². The molecule has 3 rings (SSSR count). The molecule has 0 radical (unpaired) electrons. The van der Waals surface area contributed by atoms with E-state index in [0.717, 1.165) is 32.5 Å². The van der Waals surface area contributed by atoms with Gasteiger partial charge in [0.25, 0.3) is 0 Å². The van der Waals surface area contributed by atoms with Gasteiger partial charge < -0.3 is 9.15 Å². The van der Waals surface area contributed by atoms with Gasteiger partial charge in [-0.15, -0.1) is 0 Å².